The van der Waals surface area contributed by atoms with Crippen LogP contribution in [0.4, 0.5) is 0 Å². The van der Waals surface area contributed by atoms with Crippen molar-refractivity contribution >= 4 is 11.3 Å². The Morgan fingerprint density at radius 3 is 3.00 bits per heavy atom. The summed E-state index contributed by atoms with van der Waals surface area (Å²) in [5.41, 5.74) is 4.39. The van der Waals surface area contributed by atoms with E-state index in [2.05, 4.69) is 32.0 Å². The van der Waals surface area contributed by atoms with Crippen LogP contribution in [0, 0.1) is 6.92 Å². The van der Waals surface area contributed by atoms with Crippen molar-refractivity contribution in [3.8, 4) is 11.3 Å². The second-order valence-corrected chi connectivity index (χ2v) is 6.27. The lowest BCUT2D eigenvalue weighted by Crippen LogP contribution is -2.17. The fraction of sp³-hybridized carbons (Fsp3) is 0.312. The normalized spacial score (nSPS) is 11.0. The van der Waals surface area contributed by atoms with Crippen LogP contribution >= 0.6 is 11.3 Å². The summed E-state index contributed by atoms with van der Waals surface area (Å²) in [6, 6.07) is 3.97. The highest BCUT2D eigenvalue weighted by Crippen LogP contribution is 2.20. The Morgan fingerprint density at radius 2 is 2.27 bits per heavy atom. The van der Waals surface area contributed by atoms with E-state index in [9.17, 15) is 0 Å². The molecule has 0 aliphatic carbocycles. The van der Waals surface area contributed by atoms with Crippen molar-refractivity contribution in [3.63, 3.8) is 0 Å². The number of aromatic nitrogens is 4. The maximum atomic E-state index is 4.55. The van der Waals surface area contributed by atoms with E-state index in [1.165, 1.54) is 5.56 Å². The van der Waals surface area contributed by atoms with Crippen molar-refractivity contribution in [2.24, 2.45) is 7.05 Å². The summed E-state index contributed by atoms with van der Waals surface area (Å²) in [7, 11) is 1.95. The van der Waals surface area contributed by atoms with Gasteiger partial charge in [0, 0.05) is 61.7 Å². The zero-order valence-electron chi connectivity index (χ0n) is 12.8. The van der Waals surface area contributed by atoms with Crippen LogP contribution in [0.25, 0.3) is 11.3 Å². The summed E-state index contributed by atoms with van der Waals surface area (Å²) in [4.78, 5) is 8.65. The third-order valence-corrected chi connectivity index (χ3v) is 4.20. The zero-order valence-corrected chi connectivity index (χ0v) is 13.6. The first-order chi connectivity index (χ1) is 10.7. The van der Waals surface area contributed by atoms with Crippen molar-refractivity contribution in [3.05, 3.63) is 52.4 Å². The molecule has 3 aromatic rings. The van der Waals surface area contributed by atoms with Gasteiger partial charge in [-0.2, -0.15) is 5.10 Å². The quantitative estimate of drug-likeness (QED) is 0.711. The monoisotopic (exact) mass is 313 g/mol. The van der Waals surface area contributed by atoms with E-state index in [1.807, 2.05) is 37.0 Å². The molecule has 0 saturated carbocycles. The third-order valence-electron chi connectivity index (χ3n) is 3.38. The molecule has 3 aromatic heterocycles. The van der Waals surface area contributed by atoms with Crippen LogP contribution in [0.1, 0.15) is 16.3 Å². The van der Waals surface area contributed by atoms with Gasteiger partial charge in [0.1, 0.15) is 0 Å². The Morgan fingerprint density at radius 1 is 1.36 bits per heavy atom. The summed E-state index contributed by atoms with van der Waals surface area (Å²) in [5, 5.41) is 11.3. The van der Waals surface area contributed by atoms with Gasteiger partial charge in [0.2, 0.25) is 0 Å². The average Bonchev–Trinajstić information content (AvgIpc) is 3.10. The van der Waals surface area contributed by atoms with E-state index in [0.29, 0.717) is 0 Å². The maximum Gasteiger partial charge on any atom is 0.0983 e. The molecule has 114 valence electrons. The minimum absolute atomic E-state index is 0.793. The van der Waals surface area contributed by atoms with Crippen molar-refractivity contribution in [2.45, 2.75) is 19.9 Å². The number of hydrogen-bond donors (Lipinski definition) is 1. The van der Waals surface area contributed by atoms with Gasteiger partial charge in [0.05, 0.1) is 16.4 Å². The van der Waals surface area contributed by atoms with Gasteiger partial charge in [-0.3, -0.25) is 9.67 Å². The van der Waals surface area contributed by atoms with Crippen molar-refractivity contribution in [1.29, 1.82) is 0 Å². The average molecular weight is 313 g/mol. The Bertz CT molecular complexity index is 732. The van der Waals surface area contributed by atoms with Crippen LogP contribution in [-0.4, -0.2) is 26.3 Å². The fourth-order valence-corrected chi connectivity index (χ4v) is 3.02. The number of pyridine rings is 1. The van der Waals surface area contributed by atoms with Crippen LogP contribution in [0.5, 0.6) is 0 Å². The Kier molecular flexibility index (Phi) is 4.60. The van der Waals surface area contributed by atoms with Crippen molar-refractivity contribution in [1.82, 2.24) is 25.1 Å². The molecule has 0 saturated heterocycles. The standard InChI is InChI=1S/C16H19N5S/c1-12-19-15(11-22-12)5-7-18-9-14-10-21(2)20-16(14)13-4-3-6-17-8-13/h3-4,6,8,10-11,18H,5,7,9H2,1-2H3. The summed E-state index contributed by atoms with van der Waals surface area (Å²) in [5.74, 6) is 0. The number of nitrogens with one attached hydrogen (secondary N) is 1. The number of rotatable bonds is 6. The van der Waals surface area contributed by atoms with Gasteiger partial charge in [-0.25, -0.2) is 4.98 Å². The van der Waals surface area contributed by atoms with Gasteiger partial charge in [0.25, 0.3) is 0 Å². The second-order valence-electron chi connectivity index (χ2n) is 5.20. The van der Waals surface area contributed by atoms with Gasteiger partial charge in [-0.1, -0.05) is 0 Å². The van der Waals surface area contributed by atoms with Crippen LogP contribution in [0.2, 0.25) is 0 Å². The predicted octanol–water partition coefficient (Wildman–Crippen LogP) is 2.58. The van der Waals surface area contributed by atoms with Crippen LogP contribution in [0.15, 0.2) is 36.1 Å². The van der Waals surface area contributed by atoms with E-state index >= 15 is 0 Å². The molecule has 3 heterocycles. The number of thiazole rings is 1. The molecular weight excluding hydrogens is 294 g/mol. The molecule has 3 rings (SSSR count). The third kappa shape index (κ3) is 3.58. The van der Waals surface area contributed by atoms with E-state index < -0.39 is 0 Å². The number of aryl methyl sites for hydroxylation is 2. The first-order valence-corrected chi connectivity index (χ1v) is 8.15. The molecule has 0 bridgehead atoms. The molecule has 0 amide bonds. The molecule has 0 fully saturated rings. The molecule has 0 aliphatic rings. The predicted molar refractivity (Wildman–Crippen MR) is 88.7 cm³/mol. The SMILES string of the molecule is Cc1nc(CCNCc2cn(C)nc2-c2cccnc2)cs1. The lowest BCUT2D eigenvalue weighted by Gasteiger charge is -2.04. The van der Waals surface area contributed by atoms with Crippen LogP contribution in [-0.2, 0) is 20.0 Å². The van der Waals surface area contributed by atoms with Gasteiger partial charge in [0.15, 0.2) is 0 Å². The summed E-state index contributed by atoms with van der Waals surface area (Å²) in [6.45, 7) is 3.74. The molecule has 0 aliphatic heterocycles. The lowest BCUT2D eigenvalue weighted by molar-refractivity contribution is 0.680. The highest BCUT2D eigenvalue weighted by atomic mass is 32.1. The minimum Gasteiger partial charge on any atom is -0.312 e. The lowest BCUT2D eigenvalue weighted by atomic mass is 10.1. The van der Waals surface area contributed by atoms with Crippen molar-refractivity contribution in [2.75, 3.05) is 6.54 Å². The largest absolute Gasteiger partial charge is 0.312 e. The van der Waals surface area contributed by atoms with E-state index in [4.69, 9.17) is 0 Å². The van der Waals surface area contributed by atoms with Gasteiger partial charge in [-0.15, -0.1) is 11.3 Å². The zero-order chi connectivity index (χ0) is 15.4. The highest BCUT2D eigenvalue weighted by molar-refractivity contribution is 7.09. The minimum atomic E-state index is 0.793. The molecule has 0 spiro atoms. The molecule has 1 N–H and O–H groups in total. The number of nitrogens with zero attached hydrogens (tertiary/aromatic N) is 4. The van der Waals surface area contributed by atoms with Gasteiger partial charge < -0.3 is 5.32 Å². The smallest absolute Gasteiger partial charge is 0.0983 e. The molecule has 6 heteroatoms. The molecular formula is C16H19N5S. The topological polar surface area (TPSA) is 55.6 Å². The first kappa shape index (κ1) is 14.9. The summed E-state index contributed by atoms with van der Waals surface area (Å²) < 4.78 is 1.85. The molecule has 0 atom stereocenters. The molecule has 22 heavy (non-hydrogen) atoms. The number of hydrogen-bond acceptors (Lipinski definition) is 5. The van der Waals surface area contributed by atoms with Gasteiger partial charge in [-0.05, 0) is 19.1 Å². The summed E-state index contributed by atoms with van der Waals surface area (Å²) >= 11 is 1.70. The molecule has 0 unspecified atom stereocenters. The van der Waals surface area contributed by atoms with Crippen LogP contribution in [0.3, 0.4) is 0 Å². The molecule has 0 radical (unpaired) electrons. The van der Waals surface area contributed by atoms with E-state index in [1.54, 1.807) is 17.5 Å². The van der Waals surface area contributed by atoms with E-state index in [0.717, 1.165) is 41.5 Å². The Hall–Kier alpha value is -2.05. The molecule has 5 nitrogen and oxygen atoms in total. The van der Waals surface area contributed by atoms with Gasteiger partial charge >= 0.3 is 0 Å². The Labute approximate surface area is 134 Å². The maximum absolute atomic E-state index is 4.55. The van der Waals surface area contributed by atoms with Crippen molar-refractivity contribution < 1.29 is 0 Å². The fourth-order valence-electron chi connectivity index (χ4n) is 2.38. The summed E-state index contributed by atoms with van der Waals surface area (Å²) in [6.07, 6.45) is 6.64. The first-order valence-electron chi connectivity index (χ1n) is 7.27. The van der Waals surface area contributed by atoms with E-state index in [-0.39, 0.29) is 0 Å². The highest BCUT2D eigenvalue weighted by Gasteiger charge is 2.09. The molecule has 0 aromatic carbocycles. The second kappa shape index (κ2) is 6.81. The van der Waals surface area contributed by atoms with Crippen LogP contribution < -0.4 is 5.32 Å². The Balaban J connectivity index is 1.61.